The highest BCUT2D eigenvalue weighted by Crippen LogP contribution is 2.53. The molecule has 1 amide bonds. The summed E-state index contributed by atoms with van der Waals surface area (Å²) in [4.78, 5) is 26.6. The van der Waals surface area contributed by atoms with E-state index in [4.69, 9.17) is 4.74 Å². The summed E-state index contributed by atoms with van der Waals surface area (Å²) >= 11 is 0. The van der Waals surface area contributed by atoms with E-state index < -0.39 is 36.1 Å². The Balaban J connectivity index is 1.59. The molecule has 3 bridgehead atoms. The number of carbonyl (C=O) groups is 2. The van der Waals surface area contributed by atoms with E-state index in [1.54, 1.807) is 20.8 Å². The minimum Gasteiger partial charge on any atom is -0.459 e. The molecule has 4 fully saturated rings. The normalized spacial score (nSPS) is 36.4. The minimum atomic E-state index is -4.53. The number of alkyl halides is 3. The fraction of sp³-hybridized carbons (Fsp3) is 0.905. The Bertz CT molecular complexity index is 671. The van der Waals surface area contributed by atoms with Crippen molar-refractivity contribution in [3.05, 3.63) is 0 Å². The maximum absolute atomic E-state index is 12.9. The molecule has 164 valence electrons. The van der Waals surface area contributed by atoms with Crippen molar-refractivity contribution in [1.82, 2.24) is 10.2 Å². The number of rotatable bonds is 5. The van der Waals surface area contributed by atoms with Gasteiger partial charge in [0.15, 0.2) is 0 Å². The van der Waals surface area contributed by atoms with Crippen molar-refractivity contribution in [2.45, 2.75) is 77.2 Å². The molecule has 5 nitrogen and oxygen atoms in total. The van der Waals surface area contributed by atoms with Gasteiger partial charge in [-0.05, 0) is 70.8 Å². The van der Waals surface area contributed by atoms with Crippen molar-refractivity contribution in [3.63, 3.8) is 0 Å². The molecular formula is C21H31F3N2O3. The number of amides is 1. The molecule has 1 aliphatic heterocycles. The largest absolute Gasteiger partial charge is 0.459 e. The fourth-order valence-electron chi connectivity index (χ4n) is 5.55. The number of hydrogen-bond acceptors (Lipinski definition) is 4. The van der Waals surface area contributed by atoms with Crippen molar-refractivity contribution in [1.29, 1.82) is 0 Å². The molecule has 0 aromatic heterocycles. The van der Waals surface area contributed by atoms with E-state index in [0.717, 1.165) is 19.4 Å². The van der Waals surface area contributed by atoms with Crippen LogP contribution in [0.4, 0.5) is 13.2 Å². The molecule has 8 heteroatoms. The van der Waals surface area contributed by atoms with Crippen LogP contribution in [0, 0.1) is 29.1 Å². The Morgan fingerprint density at radius 2 is 1.76 bits per heavy atom. The monoisotopic (exact) mass is 416 g/mol. The highest BCUT2D eigenvalue weighted by atomic mass is 19.4. The van der Waals surface area contributed by atoms with Gasteiger partial charge in [-0.25, -0.2) is 0 Å². The molecule has 29 heavy (non-hydrogen) atoms. The molecule has 3 aliphatic carbocycles. The third kappa shape index (κ3) is 4.28. The molecule has 0 spiro atoms. The van der Waals surface area contributed by atoms with Crippen LogP contribution in [0.1, 0.15) is 52.9 Å². The number of piperidine rings is 1. The van der Waals surface area contributed by atoms with Crippen LogP contribution in [0.3, 0.4) is 0 Å². The SMILES string of the molecule is CC(C)(C)C(=O)O[C@H]1C2CC3CC(C2NCC2CC2)C1N(C(=O)CC(F)(F)F)C3. The third-order valence-corrected chi connectivity index (χ3v) is 7.01. The Hall–Kier alpha value is -1.31. The lowest BCUT2D eigenvalue weighted by molar-refractivity contribution is -0.173. The Morgan fingerprint density at radius 3 is 2.34 bits per heavy atom. The quantitative estimate of drug-likeness (QED) is 0.700. The highest BCUT2D eigenvalue weighted by Gasteiger charge is 2.62. The molecule has 3 saturated carbocycles. The van der Waals surface area contributed by atoms with Crippen LogP contribution >= 0.6 is 0 Å². The number of nitrogens with one attached hydrogen (secondary N) is 1. The summed E-state index contributed by atoms with van der Waals surface area (Å²) in [6.45, 7) is 6.53. The summed E-state index contributed by atoms with van der Waals surface area (Å²) < 4.78 is 44.7. The van der Waals surface area contributed by atoms with E-state index in [1.807, 2.05) is 0 Å². The number of nitrogens with zero attached hydrogens (tertiary/aromatic N) is 1. The maximum atomic E-state index is 12.9. The summed E-state index contributed by atoms with van der Waals surface area (Å²) in [6.07, 6.45) is -2.44. The van der Waals surface area contributed by atoms with Gasteiger partial charge < -0.3 is 15.0 Å². The zero-order chi connectivity index (χ0) is 21.1. The zero-order valence-electron chi connectivity index (χ0n) is 17.3. The van der Waals surface area contributed by atoms with Gasteiger partial charge in [0.25, 0.3) is 0 Å². The van der Waals surface area contributed by atoms with Crippen LogP contribution in [0.2, 0.25) is 0 Å². The van der Waals surface area contributed by atoms with Gasteiger partial charge in [0, 0.05) is 18.5 Å². The average molecular weight is 416 g/mol. The van der Waals surface area contributed by atoms with Crippen LogP contribution in [-0.2, 0) is 14.3 Å². The molecule has 6 atom stereocenters. The summed E-state index contributed by atoms with van der Waals surface area (Å²) in [5.41, 5.74) is -0.702. The van der Waals surface area contributed by atoms with Crippen LogP contribution in [-0.4, -0.2) is 54.2 Å². The number of hydrogen-bond donors (Lipinski definition) is 1. The average Bonchev–Trinajstić information content (AvgIpc) is 3.39. The second-order valence-electron chi connectivity index (χ2n) is 10.5. The summed E-state index contributed by atoms with van der Waals surface area (Å²) in [5.74, 6) is -0.304. The van der Waals surface area contributed by atoms with Crippen LogP contribution in [0.25, 0.3) is 0 Å². The molecule has 1 heterocycles. The van der Waals surface area contributed by atoms with Crippen LogP contribution in [0.5, 0.6) is 0 Å². The van der Waals surface area contributed by atoms with Crippen molar-refractivity contribution in [2.24, 2.45) is 29.1 Å². The Morgan fingerprint density at radius 1 is 1.10 bits per heavy atom. The molecule has 4 aliphatic rings. The number of likely N-dealkylation sites (tertiary alicyclic amines) is 1. The first kappa shape index (κ1) is 20.9. The minimum absolute atomic E-state index is 0.0428. The second kappa shape index (κ2) is 7.13. The molecule has 5 unspecified atom stereocenters. The van der Waals surface area contributed by atoms with Crippen molar-refractivity contribution >= 4 is 11.9 Å². The van der Waals surface area contributed by atoms with E-state index in [0.29, 0.717) is 12.5 Å². The van der Waals surface area contributed by atoms with Gasteiger partial charge in [0.05, 0.1) is 11.5 Å². The van der Waals surface area contributed by atoms with E-state index in [9.17, 15) is 22.8 Å². The lowest BCUT2D eigenvalue weighted by Crippen LogP contribution is -2.56. The number of esters is 1. The van der Waals surface area contributed by atoms with Crippen LogP contribution in [0.15, 0.2) is 0 Å². The number of ether oxygens (including phenoxy) is 1. The summed E-state index contributed by atoms with van der Waals surface area (Å²) in [5, 5.41) is 3.63. The fourth-order valence-corrected chi connectivity index (χ4v) is 5.55. The number of halogens is 3. The maximum Gasteiger partial charge on any atom is 0.397 e. The van der Waals surface area contributed by atoms with E-state index in [2.05, 4.69) is 5.32 Å². The first-order valence-corrected chi connectivity index (χ1v) is 10.7. The summed E-state index contributed by atoms with van der Waals surface area (Å²) in [7, 11) is 0. The lowest BCUT2D eigenvalue weighted by Gasteiger charge is -2.45. The van der Waals surface area contributed by atoms with E-state index in [1.165, 1.54) is 17.7 Å². The van der Waals surface area contributed by atoms with Crippen molar-refractivity contribution < 1.29 is 27.5 Å². The predicted molar refractivity (Wildman–Crippen MR) is 99.7 cm³/mol. The number of fused-ring (bicyclic) bond motifs is 2. The molecule has 0 radical (unpaired) electrons. The molecule has 1 saturated heterocycles. The molecular weight excluding hydrogens is 385 g/mol. The van der Waals surface area contributed by atoms with Crippen LogP contribution < -0.4 is 5.32 Å². The molecule has 1 N–H and O–H groups in total. The van der Waals surface area contributed by atoms with E-state index >= 15 is 0 Å². The van der Waals surface area contributed by atoms with Gasteiger partial charge >= 0.3 is 12.1 Å². The first-order valence-electron chi connectivity index (χ1n) is 10.7. The van der Waals surface area contributed by atoms with Gasteiger partial charge in [0.2, 0.25) is 5.91 Å². The molecule has 4 rings (SSSR count). The smallest absolute Gasteiger partial charge is 0.397 e. The Kier molecular flexibility index (Phi) is 5.15. The third-order valence-electron chi connectivity index (χ3n) is 7.01. The molecule has 0 aromatic carbocycles. The predicted octanol–water partition coefficient (Wildman–Crippen LogP) is 3.13. The lowest BCUT2D eigenvalue weighted by atomic mass is 9.74. The summed E-state index contributed by atoms with van der Waals surface area (Å²) in [6, 6.07) is -0.368. The van der Waals surface area contributed by atoms with Gasteiger partial charge in [-0.2, -0.15) is 13.2 Å². The zero-order valence-corrected chi connectivity index (χ0v) is 17.3. The van der Waals surface area contributed by atoms with Gasteiger partial charge in [-0.3, -0.25) is 9.59 Å². The van der Waals surface area contributed by atoms with Crippen molar-refractivity contribution in [2.75, 3.05) is 13.1 Å². The van der Waals surface area contributed by atoms with E-state index in [-0.39, 0.29) is 29.8 Å². The van der Waals surface area contributed by atoms with Gasteiger partial charge in [-0.15, -0.1) is 0 Å². The second-order valence-corrected chi connectivity index (χ2v) is 10.5. The highest BCUT2D eigenvalue weighted by molar-refractivity contribution is 5.78. The standard InChI is InChI=1S/C21H31F3N2O3/c1-20(2,3)19(28)29-18-14-7-12-6-13(16(14)25-9-11-4-5-11)17(18)26(10-12)15(27)8-21(22,23)24/h11-14,16-18,25H,4-10H2,1-3H3/t12?,13?,14?,16?,17?,18-/m0/s1. The first-order chi connectivity index (χ1) is 13.4. The number of carbonyl (C=O) groups excluding carboxylic acids is 2. The Labute approximate surface area is 169 Å². The topological polar surface area (TPSA) is 58.6 Å². The van der Waals surface area contributed by atoms with Gasteiger partial charge in [-0.1, -0.05) is 0 Å². The van der Waals surface area contributed by atoms with Gasteiger partial charge in [0.1, 0.15) is 12.5 Å². The van der Waals surface area contributed by atoms with Crippen molar-refractivity contribution in [3.8, 4) is 0 Å². The molecule has 0 aromatic rings.